The van der Waals surface area contributed by atoms with E-state index in [2.05, 4.69) is 17.1 Å². The first-order valence-corrected chi connectivity index (χ1v) is 9.52. The van der Waals surface area contributed by atoms with Crippen molar-refractivity contribution in [2.24, 2.45) is 0 Å². The molecule has 2 aromatic carbocycles. The Labute approximate surface area is 162 Å². The van der Waals surface area contributed by atoms with Crippen LogP contribution in [0.25, 0.3) is 16.9 Å². The summed E-state index contributed by atoms with van der Waals surface area (Å²) >= 11 is 1.67. The predicted octanol–water partition coefficient (Wildman–Crippen LogP) is 4.71. The van der Waals surface area contributed by atoms with Crippen molar-refractivity contribution in [2.75, 3.05) is 14.2 Å². The average molecular weight is 377 g/mol. The minimum atomic E-state index is 0.642. The fourth-order valence-electron chi connectivity index (χ4n) is 2.82. The van der Waals surface area contributed by atoms with Gasteiger partial charge in [-0.2, -0.15) is 9.61 Å². The van der Waals surface area contributed by atoms with Gasteiger partial charge in [-0.05, 0) is 29.8 Å². The summed E-state index contributed by atoms with van der Waals surface area (Å²) in [4.78, 5) is 4.68. The van der Waals surface area contributed by atoms with Gasteiger partial charge in [-0.25, -0.2) is 4.98 Å². The SMILES string of the molecule is COc1ccc(CSc2ccc3nc(-c4ccccc4)c(OC)n3n2)cc1. The summed E-state index contributed by atoms with van der Waals surface area (Å²) < 4.78 is 12.6. The summed E-state index contributed by atoms with van der Waals surface area (Å²) in [6.07, 6.45) is 0. The van der Waals surface area contributed by atoms with Crippen molar-refractivity contribution in [3.63, 3.8) is 0 Å². The van der Waals surface area contributed by atoms with Gasteiger partial charge in [0.05, 0.1) is 14.2 Å². The van der Waals surface area contributed by atoms with Gasteiger partial charge in [0.2, 0.25) is 5.88 Å². The lowest BCUT2D eigenvalue weighted by Gasteiger charge is -2.05. The van der Waals surface area contributed by atoms with E-state index in [0.717, 1.165) is 33.4 Å². The number of hydrogen-bond acceptors (Lipinski definition) is 5. The smallest absolute Gasteiger partial charge is 0.243 e. The van der Waals surface area contributed by atoms with Crippen LogP contribution in [-0.4, -0.2) is 28.8 Å². The Bertz CT molecular complexity index is 1050. The molecule has 136 valence electrons. The number of benzene rings is 2. The van der Waals surface area contributed by atoms with Crippen LogP contribution in [0.1, 0.15) is 5.56 Å². The normalized spacial score (nSPS) is 10.9. The van der Waals surface area contributed by atoms with E-state index in [9.17, 15) is 0 Å². The number of aromatic nitrogens is 3. The molecule has 5 nitrogen and oxygen atoms in total. The van der Waals surface area contributed by atoms with E-state index in [0.29, 0.717) is 5.88 Å². The molecule has 0 amide bonds. The maximum Gasteiger partial charge on any atom is 0.243 e. The number of fused-ring (bicyclic) bond motifs is 1. The third kappa shape index (κ3) is 3.61. The third-order valence-electron chi connectivity index (χ3n) is 4.20. The molecule has 0 bridgehead atoms. The first kappa shape index (κ1) is 17.4. The highest BCUT2D eigenvalue weighted by Crippen LogP contribution is 2.31. The maximum atomic E-state index is 5.61. The van der Waals surface area contributed by atoms with Gasteiger partial charge >= 0.3 is 0 Å². The van der Waals surface area contributed by atoms with E-state index in [1.165, 1.54) is 5.56 Å². The van der Waals surface area contributed by atoms with Crippen molar-refractivity contribution in [2.45, 2.75) is 10.8 Å². The molecule has 0 N–H and O–H groups in total. The van der Waals surface area contributed by atoms with Gasteiger partial charge in [0.1, 0.15) is 16.5 Å². The van der Waals surface area contributed by atoms with Crippen molar-refractivity contribution < 1.29 is 9.47 Å². The first-order chi connectivity index (χ1) is 13.3. The number of rotatable bonds is 6. The Morgan fingerprint density at radius 2 is 1.67 bits per heavy atom. The highest BCUT2D eigenvalue weighted by molar-refractivity contribution is 7.98. The summed E-state index contributed by atoms with van der Waals surface area (Å²) in [5.41, 5.74) is 3.78. The zero-order chi connectivity index (χ0) is 18.6. The topological polar surface area (TPSA) is 48.7 Å². The van der Waals surface area contributed by atoms with E-state index in [1.807, 2.05) is 54.6 Å². The Hall–Kier alpha value is -2.99. The molecule has 0 atom stereocenters. The van der Waals surface area contributed by atoms with Crippen LogP contribution < -0.4 is 9.47 Å². The Balaban J connectivity index is 1.61. The van der Waals surface area contributed by atoms with Crippen molar-refractivity contribution in [3.05, 3.63) is 72.3 Å². The van der Waals surface area contributed by atoms with Crippen molar-refractivity contribution in [1.29, 1.82) is 0 Å². The number of imidazole rings is 1. The largest absolute Gasteiger partial charge is 0.497 e. The second-order valence-corrected chi connectivity index (χ2v) is 6.91. The van der Waals surface area contributed by atoms with E-state index in [1.54, 1.807) is 30.5 Å². The second-order valence-electron chi connectivity index (χ2n) is 5.91. The molecule has 0 aliphatic carbocycles. The standard InChI is InChI=1S/C21H19N3O2S/c1-25-17-10-8-15(9-11-17)14-27-19-13-12-18-22-20(16-6-4-3-5-7-16)21(26-2)24(18)23-19/h3-13H,14H2,1-2H3. The molecule has 0 radical (unpaired) electrons. The van der Waals surface area contributed by atoms with Crippen LogP contribution in [0, 0.1) is 0 Å². The number of methoxy groups -OCH3 is 2. The van der Waals surface area contributed by atoms with Gasteiger partial charge in [-0.1, -0.05) is 54.2 Å². The molecule has 2 aromatic heterocycles. The molecule has 6 heteroatoms. The minimum Gasteiger partial charge on any atom is -0.497 e. The quantitative estimate of drug-likeness (QED) is 0.456. The summed E-state index contributed by atoms with van der Waals surface area (Å²) in [6, 6.07) is 22.0. The molecule has 0 unspecified atom stereocenters. The lowest BCUT2D eigenvalue weighted by Crippen LogP contribution is -1.97. The molecule has 0 saturated carbocycles. The Morgan fingerprint density at radius 3 is 2.37 bits per heavy atom. The number of ether oxygens (including phenoxy) is 2. The fourth-order valence-corrected chi connectivity index (χ4v) is 3.63. The van der Waals surface area contributed by atoms with Crippen LogP contribution in [0.3, 0.4) is 0 Å². The van der Waals surface area contributed by atoms with Crippen molar-refractivity contribution in [1.82, 2.24) is 14.6 Å². The predicted molar refractivity (Wildman–Crippen MR) is 108 cm³/mol. The zero-order valence-corrected chi connectivity index (χ0v) is 15.9. The van der Waals surface area contributed by atoms with Gasteiger partial charge in [0, 0.05) is 11.3 Å². The fraction of sp³-hybridized carbons (Fsp3) is 0.143. The number of thioether (sulfide) groups is 1. The van der Waals surface area contributed by atoms with Gasteiger partial charge in [0.25, 0.3) is 0 Å². The highest BCUT2D eigenvalue weighted by atomic mass is 32.2. The van der Waals surface area contributed by atoms with Gasteiger partial charge < -0.3 is 9.47 Å². The Kier molecular flexibility index (Phi) is 4.98. The zero-order valence-electron chi connectivity index (χ0n) is 15.1. The molecule has 4 aromatic rings. The first-order valence-electron chi connectivity index (χ1n) is 8.53. The van der Waals surface area contributed by atoms with E-state index >= 15 is 0 Å². The van der Waals surface area contributed by atoms with Crippen LogP contribution in [0.5, 0.6) is 11.6 Å². The maximum absolute atomic E-state index is 5.61. The van der Waals surface area contributed by atoms with Crippen LogP contribution in [0.2, 0.25) is 0 Å². The van der Waals surface area contributed by atoms with E-state index in [-0.39, 0.29) is 0 Å². The molecule has 4 rings (SSSR count). The van der Waals surface area contributed by atoms with Gasteiger partial charge in [-0.15, -0.1) is 0 Å². The number of nitrogens with zero attached hydrogens (tertiary/aromatic N) is 3. The molecule has 0 fully saturated rings. The summed E-state index contributed by atoms with van der Waals surface area (Å²) in [5.74, 6) is 2.33. The van der Waals surface area contributed by atoms with Crippen molar-refractivity contribution in [3.8, 4) is 22.9 Å². The molecule has 2 heterocycles. The average Bonchev–Trinajstić information content (AvgIpc) is 3.11. The van der Waals surface area contributed by atoms with Crippen LogP contribution in [0.15, 0.2) is 71.8 Å². The lowest BCUT2D eigenvalue weighted by molar-refractivity contribution is 0.387. The third-order valence-corrected chi connectivity index (χ3v) is 5.19. The van der Waals surface area contributed by atoms with E-state index in [4.69, 9.17) is 14.6 Å². The molecule has 0 spiro atoms. The molecular formula is C21H19N3O2S. The molecular weight excluding hydrogens is 358 g/mol. The van der Waals surface area contributed by atoms with Gasteiger partial charge in [0.15, 0.2) is 5.65 Å². The summed E-state index contributed by atoms with van der Waals surface area (Å²) in [7, 11) is 3.32. The Morgan fingerprint density at radius 1 is 0.889 bits per heavy atom. The lowest BCUT2D eigenvalue weighted by atomic mass is 10.2. The van der Waals surface area contributed by atoms with Gasteiger partial charge in [-0.3, -0.25) is 0 Å². The second kappa shape index (κ2) is 7.72. The monoisotopic (exact) mass is 377 g/mol. The number of hydrogen-bond donors (Lipinski definition) is 0. The summed E-state index contributed by atoms with van der Waals surface area (Å²) in [5, 5.41) is 5.62. The highest BCUT2D eigenvalue weighted by Gasteiger charge is 2.16. The van der Waals surface area contributed by atoms with E-state index < -0.39 is 0 Å². The van der Waals surface area contributed by atoms with Crippen LogP contribution >= 0.6 is 11.8 Å². The molecule has 0 aliphatic rings. The van der Waals surface area contributed by atoms with Crippen molar-refractivity contribution >= 4 is 17.4 Å². The molecule has 0 saturated heterocycles. The minimum absolute atomic E-state index is 0.642. The molecule has 27 heavy (non-hydrogen) atoms. The molecule has 0 aliphatic heterocycles. The van der Waals surface area contributed by atoms with Crippen LogP contribution in [-0.2, 0) is 5.75 Å². The van der Waals surface area contributed by atoms with Crippen LogP contribution in [0.4, 0.5) is 0 Å². The summed E-state index contributed by atoms with van der Waals surface area (Å²) in [6.45, 7) is 0.